The molecule has 0 N–H and O–H groups in total. The number of carbonyl (C=O) groups is 1. The van der Waals surface area contributed by atoms with Gasteiger partial charge < -0.3 is 9.47 Å². The van der Waals surface area contributed by atoms with Crippen molar-refractivity contribution in [1.82, 2.24) is 0 Å². The first kappa shape index (κ1) is 14.0. The molecule has 0 saturated carbocycles. The van der Waals surface area contributed by atoms with Crippen LogP contribution in [0.5, 0.6) is 5.75 Å². The Labute approximate surface area is 107 Å². The van der Waals surface area contributed by atoms with E-state index in [1.165, 1.54) is 6.07 Å². The van der Waals surface area contributed by atoms with Gasteiger partial charge in [-0.3, -0.25) is 0 Å². The Bertz CT molecular complexity index is 487. The van der Waals surface area contributed by atoms with Crippen LogP contribution in [0.2, 0.25) is 0 Å². The predicted molar refractivity (Wildman–Crippen MR) is 67.6 cm³/mol. The van der Waals surface area contributed by atoms with Crippen LogP contribution in [-0.2, 0) is 4.74 Å². The lowest BCUT2D eigenvalue weighted by Crippen LogP contribution is -2.10. The maximum Gasteiger partial charge on any atom is 0.338 e. The first-order valence-electron chi connectivity index (χ1n) is 5.88. The molecular formula is C14H17NO3. The van der Waals surface area contributed by atoms with E-state index in [9.17, 15) is 4.79 Å². The fourth-order valence-corrected chi connectivity index (χ4v) is 1.55. The highest BCUT2D eigenvalue weighted by atomic mass is 16.5. The minimum Gasteiger partial charge on any atom is -0.490 e. The van der Waals surface area contributed by atoms with Gasteiger partial charge in [-0.1, -0.05) is 0 Å². The van der Waals surface area contributed by atoms with E-state index < -0.39 is 5.97 Å². The molecule has 4 nitrogen and oxygen atoms in total. The van der Waals surface area contributed by atoms with Gasteiger partial charge in [0.1, 0.15) is 11.8 Å². The summed E-state index contributed by atoms with van der Waals surface area (Å²) in [6.07, 6.45) is -0.0232. The zero-order valence-corrected chi connectivity index (χ0v) is 11.1. The van der Waals surface area contributed by atoms with Crippen LogP contribution in [0.25, 0.3) is 0 Å². The van der Waals surface area contributed by atoms with Gasteiger partial charge in [-0.25, -0.2) is 4.79 Å². The summed E-state index contributed by atoms with van der Waals surface area (Å²) in [7, 11) is 0. The van der Waals surface area contributed by atoms with Crippen molar-refractivity contribution in [2.45, 2.75) is 33.8 Å². The first-order valence-corrected chi connectivity index (χ1v) is 5.88. The van der Waals surface area contributed by atoms with Crippen LogP contribution in [0.15, 0.2) is 12.1 Å². The lowest BCUT2D eigenvalue weighted by atomic mass is 10.0. The van der Waals surface area contributed by atoms with Crippen molar-refractivity contribution in [2.24, 2.45) is 0 Å². The molecule has 0 atom stereocenters. The zero-order chi connectivity index (χ0) is 13.7. The van der Waals surface area contributed by atoms with E-state index in [1.54, 1.807) is 19.9 Å². The number of aryl methyl sites for hydroxylation is 1. The lowest BCUT2D eigenvalue weighted by Gasteiger charge is -2.13. The van der Waals surface area contributed by atoms with E-state index in [2.05, 4.69) is 0 Å². The Morgan fingerprint density at radius 2 is 2.11 bits per heavy atom. The Balaban J connectivity index is 3.19. The van der Waals surface area contributed by atoms with Crippen LogP contribution in [0, 0.1) is 18.3 Å². The summed E-state index contributed by atoms with van der Waals surface area (Å²) in [6, 6.07) is 5.25. The normalized spacial score (nSPS) is 10.0. The van der Waals surface area contributed by atoms with E-state index in [0.29, 0.717) is 23.5 Å². The van der Waals surface area contributed by atoms with Crippen molar-refractivity contribution in [3.8, 4) is 11.8 Å². The summed E-state index contributed by atoms with van der Waals surface area (Å²) in [5.41, 5.74) is 1.49. The van der Waals surface area contributed by atoms with Crippen molar-refractivity contribution in [3.05, 3.63) is 28.8 Å². The van der Waals surface area contributed by atoms with E-state index in [-0.39, 0.29) is 6.10 Å². The summed E-state index contributed by atoms with van der Waals surface area (Å²) in [5, 5.41) is 9.08. The van der Waals surface area contributed by atoms with Gasteiger partial charge in [0, 0.05) is 0 Å². The smallest absolute Gasteiger partial charge is 0.338 e. The van der Waals surface area contributed by atoms with Gasteiger partial charge in [0.05, 0.1) is 23.8 Å². The Morgan fingerprint density at radius 3 is 2.61 bits per heavy atom. The first-order chi connectivity index (χ1) is 8.49. The molecule has 1 rings (SSSR count). The molecular weight excluding hydrogens is 230 g/mol. The van der Waals surface area contributed by atoms with Crippen molar-refractivity contribution in [2.75, 3.05) is 6.61 Å². The van der Waals surface area contributed by atoms with Crippen molar-refractivity contribution in [3.63, 3.8) is 0 Å². The highest BCUT2D eigenvalue weighted by Gasteiger charge is 2.15. The third-order valence-corrected chi connectivity index (χ3v) is 2.31. The standard InChI is InChI=1S/C14H17NO3/c1-5-17-14(16)12-7-11(8-15)13(6-10(12)4)18-9(2)3/h6-7,9H,5H2,1-4H3. The van der Waals surface area contributed by atoms with Crippen molar-refractivity contribution < 1.29 is 14.3 Å². The minimum absolute atomic E-state index is 0.0232. The van der Waals surface area contributed by atoms with Crippen LogP contribution >= 0.6 is 0 Å². The summed E-state index contributed by atoms with van der Waals surface area (Å²) < 4.78 is 10.5. The number of esters is 1. The number of benzene rings is 1. The van der Waals surface area contributed by atoms with Gasteiger partial charge in [-0.05, 0) is 45.4 Å². The molecule has 4 heteroatoms. The molecule has 1 aromatic rings. The van der Waals surface area contributed by atoms with Gasteiger partial charge in [0.15, 0.2) is 0 Å². The number of carbonyl (C=O) groups excluding carboxylic acids is 1. The van der Waals surface area contributed by atoms with E-state index >= 15 is 0 Å². The number of nitrogens with zero attached hydrogens (tertiary/aromatic N) is 1. The molecule has 0 aliphatic heterocycles. The molecule has 0 radical (unpaired) electrons. The molecule has 0 heterocycles. The summed E-state index contributed by atoms with van der Waals surface area (Å²) in [6.45, 7) is 7.62. The number of ether oxygens (including phenoxy) is 2. The van der Waals surface area contributed by atoms with Gasteiger partial charge in [-0.15, -0.1) is 0 Å². The Hall–Kier alpha value is -2.02. The zero-order valence-electron chi connectivity index (χ0n) is 11.1. The van der Waals surface area contributed by atoms with Crippen molar-refractivity contribution >= 4 is 5.97 Å². The monoisotopic (exact) mass is 247 g/mol. The van der Waals surface area contributed by atoms with Gasteiger partial charge in [0.2, 0.25) is 0 Å². The molecule has 0 bridgehead atoms. The number of hydrogen-bond acceptors (Lipinski definition) is 4. The maximum atomic E-state index is 11.7. The molecule has 0 amide bonds. The molecule has 0 aliphatic rings. The van der Waals surface area contributed by atoms with Gasteiger partial charge in [-0.2, -0.15) is 5.26 Å². The number of nitriles is 1. The molecule has 0 fully saturated rings. The molecule has 96 valence electrons. The van der Waals surface area contributed by atoms with Crippen LogP contribution in [0.3, 0.4) is 0 Å². The SMILES string of the molecule is CCOC(=O)c1cc(C#N)c(OC(C)C)cc1C. The molecule has 1 aromatic carbocycles. The lowest BCUT2D eigenvalue weighted by molar-refractivity contribution is 0.0525. The molecule has 0 unspecified atom stereocenters. The summed E-state index contributed by atoms with van der Waals surface area (Å²) >= 11 is 0. The average molecular weight is 247 g/mol. The van der Waals surface area contributed by atoms with Gasteiger partial charge >= 0.3 is 5.97 Å². The maximum absolute atomic E-state index is 11.7. The fourth-order valence-electron chi connectivity index (χ4n) is 1.55. The summed E-state index contributed by atoms with van der Waals surface area (Å²) in [4.78, 5) is 11.7. The number of rotatable bonds is 4. The highest BCUT2D eigenvalue weighted by molar-refractivity contribution is 5.91. The molecule has 0 aromatic heterocycles. The summed E-state index contributed by atoms with van der Waals surface area (Å²) in [5.74, 6) is 0.0839. The third-order valence-electron chi connectivity index (χ3n) is 2.31. The second kappa shape index (κ2) is 6.06. The average Bonchev–Trinajstić information content (AvgIpc) is 2.28. The van der Waals surface area contributed by atoms with Gasteiger partial charge in [0.25, 0.3) is 0 Å². The highest BCUT2D eigenvalue weighted by Crippen LogP contribution is 2.24. The Morgan fingerprint density at radius 1 is 1.44 bits per heavy atom. The largest absolute Gasteiger partial charge is 0.490 e. The van der Waals surface area contributed by atoms with E-state index in [4.69, 9.17) is 14.7 Å². The molecule has 0 aliphatic carbocycles. The fraction of sp³-hybridized carbons (Fsp3) is 0.429. The topological polar surface area (TPSA) is 59.3 Å². The Kier molecular flexibility index (Phi) is 4.73. The van der Waals surface area contributed by atoms with Crippen molar-refractivity contribution in [1.29, 1.82) is 5.26 Å². The second-order valence-corrected chi connectivity index (χ2v) is 4.16. The molecule has 18 heavy (non-hydrogen) atoms. The van der Waals surface area contributed by atoms with E-state index in [0.717, 1.165) is 5.56 Å². The van der Waals surface area contributed by atoms with Crippen LogP contribution < -0.4 is 4.74 Å². The third kappa shape index (κ3) is 3.24. The van der Waals surface area contributed by atoms with E-state index in [1.807, 2.05) is 19.9 Å². The van der Waals surface area contributed by atoms with Crippen LogP contribution in [0.1, 0.15) is 42.3 Å². The minimum atomic E-state index is -0.414. The van der Waals surface area contributed by atoms with Crippen LogP contribution in [0.4, 0.5) is 0 Å². The molecule has 0 saturated heterocycles. The second-order valence-electron chi connectivity index (χ2n) is 4.16. The molecule has 0 spiro atoms. The number of hydrogen-bond donors (Lipinski definition) is 0. The van der Waals surface area contributed by atoms with Crippen LogP contribution in [-0.4, -0.2) is 18.7 Å². The predicted octanol–water partition coefficient (Wildman–Crippen LogP) is 2.83. The quantitative estimate of drug-likeness (QED) is 0.767.